The van der Waals surface area contributed by atoms with Crippen LogP contribution in [0.2, 0.25) is 0 Å². The lowest BCUT2D eigenvalue weighted by Gasteiger charge is -2.21. The molecule has 0 radical (unpaired) electrons. The van der Waals surface area contributed by atoms with Crippen LogP contribution in [0.3, 0.4) is 0 Å². The van der Waals surface area contributed by atoms with E-state index in [1.165, 1.54) is 31.4 Å². The van der Waals surface area contributed by atoms with Crippen LogP contribution in [0, 0.1) is 0 Å². The Morgan fingerprint density at radius 2 is 1.66 bits per heavy atom. The fraction of sp³-hybridized carbons (Fsp3) is 0.476. The second kappa shape index (κ2) is 15.4. The molecule has 0 spiro atoms. The molecular weight excluding hydrogens is 398 g/mol. The summed E-state index contributed by atoms with van der Waals surface area (Å²) in [6.45, 7) is 16.1. The zero-order chi connectivity index (χ0) is 23.0. The van der Waals surface area contributed by atoms with Crippen molar-refractivity contribution in [3.8, 4) is 0 Å². The van der Waals surface area contributed by atoms with Crippen molar-refractivity contribution < 1.29 is 28.6 Å². The third kappa shape index (κ3) is 14.2. The molecule has 8 heteroatoms. The number of alkyl carbamates (subject to hydrolysis) is 1. The number of hydrogen-bond donors (Lipinski definition) is 1. The van der Waals surface area contributed by atoms with Crippen LogP contribution in [-0.4, -0.2) is 43.4 Å². The van der Waals surface area contributed by atoms with E-state index in [0.29, 0.717) is 18.1 Å². The minimum absolute atomic E-state index is 0.281. The number of hydrogen-bond acceptors (Lipinski definition) is 6. The molecule has 7 nitrogen and oxygen atoms in total. The molecule has 1 amide bonds. The summed E-state index contributed by atoms with van der Waals surface area (Å²) in [5, 5.41) is 2.73. The molecule has 1 unspecified atom stereocenters. The van der Waals surface area contributed by atoms with Crippen molar-refractivity contribution in [1.82, 2.24) is 5.32 Å². The molecular formula is C21H32ClNO6. The highest BCUT2D eigenvalue weighted by Gasteiger charge is 2.23. The molecule has 0 bridgehead atoms. The first-order valence-electron chi connectivity index (χ1n) is 9.03. The first-order valence-corrected chi connectivity index (χ1v) is 9.40. The van der Waals surface area contributed by atoms with Crippen molar-refractivity contribution in [2.24, 2.45) is 0 Å². The second-order valence-corrected chi connectivity index (χ2v) is 6.82. The van der Waals surface area contributed by atoms with Gasteiger partial charge in [-0.2, -0.15) is 0 Å². The third-order valence-corrected chi connectivity index (χ3v) is 3.22. The fourth-order valence-corrected chi connectivity index (χ4v) is 1.91. The van der Waals surface area contributed by atoms with Gasteiger partial charge >= 0.3 is 18.0 Å². The topological polar surface area (TPSA) is 90.9 Å². The third-order valence-electron chi connectivity index (χ3n) is 2.89. The second-order valence-electron chi connectivity index (χ2n) is 6.42. The molecule has 0 aromatic rings. The van der Waals surface area contributed by atoms with Crippen LogP contribution in [-0.2, 0) is 23.8 Å². The predicted molar refractivity (Wildman–Crippen MR) is 115 cm³/mol. The highest BCUT2D eigenvalue weighted by molar-refractivity contribution is 6.35. The van der Waals surface area contributed by atoms with Crippen molar-refractivity contribution >= 4 is 29.6 Å². The van der Waals surface area contributed by atoms with E-state index in [4.69, 9.17) is 21.1 Å². The summed E-state index contributed by atoms with van der Waals surface area (Å²) in [7, 11) is 1.28. The molecule has 1 N–H and O–H groups in total. The van der Waals surface area contributed by atoms with Crippen molar-refractivity contribution in [3.05, 3.63) is 48.1 Å². The number of methoxy groups -OCH3 is 1. The van der Waals surface area contributed by atoms with Crippen LogP contribution in [0.5, 0.6) is 0 Å². The van der Waals surface area contributed by atoms with Gasteiger partial charge in [0, 0.05) is 0 Å². The molecule has 1 atom stereocenters. The van der Waals surface area contributed by atoms with Crippen LogP contribution in [0.25, 0.3) is 0 Å². The number of ether oxygens (including phenoxy) is 3. The van der Waals surface area contributed by atoms with E-state index in [0.717, 1.165) is 0 Å². The summed E-state index contributed by atoms with van der Waals surface area (Å²) in [6, 6.07) is -0.648. The normalized spacial score (nSPS) is 12.5. The Bertz CT molecular complexity index is 632. The molecule has 0 rings (SSSR count). The van der Waals surface area contributed by atoms with E-state index in [1.807, 2.05) is 0 Å². The maximum Gasteiger partial charge on any atom is 0.408 e. The molecule has 164 valence electrons. The minimum Gasteiger partial charge on any atom is -0.467 e. The van der Waals surface area contributed by atoms with Crippen molar-refractivity contribution in [1.29, 1.82) is 0 Å². The maximum absolute atomic E-state index is 11.4. The van der Waals surface area contributed by atoms with E-state index < -0.39 is 29.7 Å². The van der Waals surface area contributed by atoms with Crippen molar-refractivity contribution in [2.45, 2.75) is 52.7 Å². The standard InChI is InChI=1S/C11H13ClO2.C10H19NO4/c1-4-7-9(10(12)8-5-2)11(13)14-6-3;1-6-7(8(12)14-5)11-9(13)15-10(2,3)4/h4-5,7-8H,1-2,6H2,3H3;7H,6H2,1-5H3,(H,11,13)/b9-7+,10-8+;. The molecule has 0 fully saturated rings. The predicted octanol–water partition coefficient (Wildman–Crippen LogP) is 4.43. The molecule has 0 saturated heterocycles. The van der Waals surface area contributed by atoms with Gasteiger partial charge in [0.1, 0.15) is 11.6 Å². The summed E-state index contributed by atoms with van der Waals surface area (Å²) in [6.07, 6.45) is 5.85. The number of rotatable bonds is 8. The first-order chi connectivity index (χ1) is 13.5. The van der Waals surface area contributed by atoms with E-state index in [-0.39, 0.29) is 5.57 Å². The molecule has 0 aromatic heterocycles. The number of halogens is 1. The van der Waals surface area contributed by atoms with Gasteiger partial charge in [-0.15, -0.1) is 0 Å². The molecule has 0 aliphatic carbocycles. The van der Waals surface area contributed by atoms with Gasteiger partial charge in [0.05, 0.1) is 24.3 Å². The van der Waals surface area contributed by atoms with Gasteiger partial charge in [-0.3, -0.25) is 0 Å². The Morgan fingerprint density at radius 1 is 1.10 bits per heavy atom. The SMILES string of the molecule is C=C/C=C(C(=O)OCC)\C(Cl)=C/C=C.CCC(NC(=O)OC(C)(C)C)C(=O)OC. The summed E-state index contributed by atoms with van der Waals surface area (Å²) < 4.78 is 14.3. The van der Waals surface area contributed by atoms with Crippen LogP contribution in [0.4, 0.5) is 4.79 Å². The molecule has 0 heterocycles. The average molecular weight is 430 g/mol. The van der Waals surface area contributed by atoms with Crippen LogP contribution in [0.15, 0.2) is 48.1 Å². The van der Waals surface area contributed by atoms with Gasteiger partial charge in [0.25, 0.3) is 0 Å². The number of nitrogens with one attached hydrogen (secondary N) is 1. The van der Waals surface area contributed by atoms with Gasteiger partial charge in [0.2, 0.25) is 0 Å². The zero-order valence-corrected chi connectivity index (χ0v) is 18.8. The number of allylic oxidation sites excluding steroid dienone is 4. The lowest BCUT2D eigenvalue weighted by Crippen LogP contribution is -2.43. The Hall–Kier alpha value is -2.54. The van der Waals surface area contributed by atoms with Crippen LogP contribution < -0.4 is 5.32 Å². The lowest BCUT2D eigenvalue weighted by molar-refractivity contribution is -0.143. The zero-order valence-electron chi connectivity index (χ0n) is 18.0. The quantitative estimate of drug-likeness (QED) is 0.265. The molecule has 0 aromatic carbocycles. The highest BCUT2D eigenvalue weighted by Crippen LogP contribution is 2.16. The van der Waals surface area contributed by atoms with E-state index in [1.54, 1.807) is 34.6 Å². The number of carbonyl (C=O) groups excluding carboxylic acids is 3. The Morgan fingerprint density at radius 3 is 2.03 bits per heavy atom. The number of amides is 1. The Kier molecular flexibility index (Phi) is 15.2. The van der Waals surface area contributed by atoms with Gasteiger partial charge in [-0.1, -0.05) is 43.8 Å². The van der Waals surface area contributed by atoms with E-state index in [9.17, 15) is 14.4 Å². The molecule has 0 saturated carbocycles. The Labute approximate surface area is 178 Å². The largest absolute Gasteiger partial charge is 0.467 e. The van der Waals surface area contributed by atoms with Gasteiger partial charge < -0.3 is 19.5 Å². The van der Waals surface area contributed by atoms with Crippen LogP contribution in [0.1, 0.15) is 41.0 Å². The number of esters is 2. The molecule has 0 aliphatic rings. The molecule has 29 heavy (non-hydrogen) atoms. The first kappa shape index (κ1) is 28.7. The van der Waals surface area contributed by atoms with Gasteiger partial charge in [-0.25, -0.2) is 14.4 Å². The Balaban J connectivity index is 0. The smallest absolute Gasteiger partial charge is 0.408 e. The van der Waals surface area contributed by atoms with Crippen LogP contribution >= 0.6 is 11.6 Å². The highest BCUT2D eigenvalue weighted by atomic mass is 35.5. The summed E-state index contributed by atoms with van der Waals surface area (Å²) in [5.41, 5.74) is -0.290. The van der Waals surface area contributed by atoms with Crippen molar-refractivity contribution in [2.75, 3.05) is 13.7 Å². The van der Waals surface area contributed by atoms with Crippen molar-refractivity contribution in [3.63, 3.8) is 0 Å². The van der Waals surface area contributed by atoms with E-state index in [2.05, 4.69) is 23.2 Å². The van der Waals surface area contributed by atoms with Gasteiger partial charge in [-0.05, 0) is 46.3 Å². The average Bonchev–Trinajstić information content (AvgIpc) is 2.62. The number of carbonyl (C=O) groups is 3. The fourth-order valence-electron chi connectivity index (χ4n) is 1.68. The molecule has 0 aliphatic heterocycles. The van der Waals surface area contributed by atoms with Gasteiger partial charge in [0.15, 0.2) is 0 Å². The minimum atomic E-state index is -0.648. The summed E-state index contributed by atoms with van der Waals surface area (Å²) in [5.74, 6) is -0.932. The maximum atomic E-state index is 11.4. The summed E-state index contributed by atoms with van der Waals surface area (Å²) >= 11 is 5.83. The monoisotopic (exact) mass is 429 g/mol. The van der Waals surface area contributed by atoms with E-state index >= 15 is 0 Å². The lowest BCUT2D eigenvalue weighted by atomic mass is 10.2. The summed E-state index contributed by atoms with van der Waals surface area (Å²) in [4.78, 5) is 33.8.